The van der Waals surface area contributed by atoms with Gasteiger partial charge in [-0.15, -0.1) is 0 Å². The number of anilines is 1. The quantitative estimate of drug-likeness (QED) is 0.824. The number of hydrogen-bond acceptors (Lipinski definition) is 3. The molecule has 0 aliphatic carbocycles. The Kier molecular flexibility index (Phi) is 5.50. The summed E-state index contributed by atoms with van der Waals surface area (Å²) < 4.78 is 26.9. The maximum Gasteiger partial charge on any atom is 0.257 e. The van der Waals surface area contributed by atoms with Gasteiger partial charge in [0.25, 0.3) is 5.91 Å². The number of hydrogen-bond donors (Lipinski definition) is 2. The van der Waals surface area contributed by atoms with E-state index in [1.165, 1.54) is 6.07 Å². The predicted octanol–water partition coefficient (Wildman–Crippen LogP) is 3.33. The molecule has 0 saturated heterocycles. The van der Waals surface area contributed by atoms with Crippen molar-refractivity contribution < 1.29 is 13.6 Å². The van der Waals surface area contributed by atoms with Crippen molar-refractivity contribution in [2.45, 2.75) is 0 Å². The Labute approximate surface area is 136 Å². The smallest absolute Gasteiger partial charge is 0.257 e. The first-order valence-electron chi connectivity index (χ1n) is 6.68. The molecule has 118 valence electrons. The highest BCUT2D eigenvalue weighted by Gasteiger charge is 2.16. The van der Waals surface area contributed by atoms with E-state index >= 15 is 0 Å². The first-order chi connectivity index (χ1) is 11.0. The molecule has 2 rings (SSSR count). The zero-order chi connectivity index (χ0) is 16.8. The molecular formula is C16H12ClF2N3O. The lowest BCUT2D eigenvalue weighted by atomic mass is 10.2. The lowest BCUT2D eigenvalue weighted by molar-refractivity contribution is 0.0947. The van der Waals surface area contributed by atoms with Gasteiger partial charge in [-0.2, -0.15) is 5.26 Å². The molecule has 0 saturated carbocycles. The van der Waals surface area contributed by atoms with Crippen molar-refractivity contribution in [1.82, 2.24) is 5.32 Å². The molecule has 0 aromatic heterocycles. The monoisotopic (exact) mass is 335 g/mol. The first-order valence-corrected chi connectivity index (χ1v) is 7.06. The van der Waals surface area contributed by atoms with Gasteiger partial charge in [-0.3, -0.25) is 4.79 Å². The standard InChI is InChI=1S/C16H12ClF2N3O/c17-11-5-4-10(9-20)14(8-11)21-6-7-22-16(23)15-12(18)2-1-3-13(15)19/h1-5,8,21H,6-7H2,(H,22,23). The number of nitrogens with one attached hydrogen (secondary N) is 2. The van der Waals surface area contributed by atoms with Gasteiger partial charge in [0.2, 0.25) is 0 Å². The summed E-state index contributed by atoms with van der Waals surface area (Å²) in [5.41, 5.74) is 0.306. The van der Waals surface area contributed by atoms with E-state index in [1.807, 2.05) is 6.07 Å². The van der Waals surface area contributed by atoms with Crippen molar-refractivity contribution >= 4 is 23.2 Å². The van der Waals surface area contributed by atoms with Crippen LogP contribution in [-0.4, -0.2) is 19.0 Å². The summed E-state index contributed by atoms with van der Waals surface area (Å²) in [6.45, 7) is 0.376. The van der Waals surface area contributed by atoms with Crippen molar-refractivity contribution in [1.29, 1.82) is 5.26 Å². The van der Waals surface area contributed by atoms with Gasteiger partial charge in [-0.1, -0.05) is 17.7 Å². The summed E-state index contributed by atoms with van der Waals surface area (Å²) in [4.78, 5) is 11.8. The van der Waals surface area contributed by atoms with Crippen molar-refractivity contribution in [2.24, 2.45) is 0 Å². The topological polar surface area (TPSA) is 64.9 Å². The van der Waals surface area contributed by atoms with Crippen LogP contribution in [0.1, 0.15) is 15.9 Å². The molecule has 2 N–H and O–H groups in total. The Hall–Kier alpha value is -2.65. The van der Waals surface area contributed by atoms with Gasteiger partial charge in [0, 0.05) is 18.1 Å². The molecule has 0 spiro atoms. The van der Waals surface area contributed by atoms with Crippen LogP contribution < -0.4 is 10.6 Å². The maximum atomic E-state index is 13.5. The van der Waals surface area contributed by atoms with Crippen molar-refractivity contribution in [2.75, 3.05) is 18.4 Å². The number of rotatable bonds is 5. The highest BCUT2D eigenvalue weighted by molar-refractivity contribution is 6.30. The Balaban J connectivity index is 1.92. The third-order valence-corrected chi connectivity index (χ3v) is 3.25. The Morgan fingerprint density at radius 2 is 1.87 bits per heavy atom. The summed E-state index contributed by atoms with van der Waals surface area (Å²) in [6.07, 6.45) is 0. The number of nitriles is 1. The van der Waals surface area contributed by atoms with Crippen molar-refractivity contribution in [3.8, 4) is 6.07 Å². The normalized spacial score (nSPS) is 10.0. The van der Waals surface area contributed by atoms with Crippen molar-refractivity contribution in [3.63, 3.8) is 0 Å². The molecule has 23 heavy (non-hydrogen) atoms. The van der Waals surface area contributed by atoms with E-state index in [0.717, 1.165) is 12.1 Å². The average molecular weight is 336 g/mol. The minimum absolute atomic E-state index is 0.115. The van der Waals surface area contributed by atoms with Gasteiger partial charge >= 0.3 is 0 Å². The molecule has 0 aliphatic heterocycles. The molecule has 0 radical (unpaired) electrons. The molecule has 2 aromatic rings. The maximum absolute atomic E-state index is 13.5. The summed E-state index contributed by atoms with van der Waals surface area (Å²) in [6, 6.07) is 9.96. The number of carbonyl (C=O) groups excluding carboxylic acids is 1. The summed E-state index contributed by atoms with van der Waals surface area (Å²) in [7, 11) is 0. The van der Waals surface area contributed by atoms with Crippen LogP contribution in [0.4, 0.5) is 14.5 Å². The molecule has 2 aromatic carbocycles. The Bertz CT molecular complexity index is 754. The molecule has 1 amide bonds. The minimum atomic E-state index is -0.919. The van der Waals surface area contributed by atoms with E-state index in [9.17, 15) is 13.6 Å². The van der Waals surface area contributed by atoms with E-state index in [1.54, 1.807) is 18.2 Å². The van der Waals surface area contributed by atoms with Gasteiger partial charge < -0.3 is 10.6 Å². The van der Waals surface area contributed by atoms with E-state index in [4.69, 9.17) is 16.9 Å². The molecule has 0 aliphatic rings. The van der Waals surface area contributed by atoms with Crippen LogP contribution in [0.25, 0.3) is 0 Å². The third-order valence-electron chi connectivity index (χ3n) is 3.02. The fourth-order valence-corrected chi connectivity index (χ4v) is 2.11. The molecule has 0 heterocycles. The lowest BCUT2D eigenvalue weighted by Gasteiger charge is -2.10. The molecule has 0 unspecified atom stereocenters. The van der Waals surface area contributed by atoms with E-state index < -0.39 is 23.1 Å². The van der Waals surface area contributed by atoms with Gasteiger partial charge in [-0.25, -0.2) is 8.78 Å². The van der Waals surface area contributed by atoms with Crippen LogP contribution in [0.3, 0.4) is 0 Å². The largest absolute Gasteiger partial charge is 0.382 e. The van der Waals surface area contributed by atoms with Crippen LogP contribution in [0.5, 0.6) is 0 Å². The zero-order valence-electron chi connectivity index (χ0n) is 11.9. The average Bonchev–Trinajstić information content (AvgIpc) is 2.51. The second-order valence-corrected chi connectivity index (χ2v) is 5.02. The van der Waals surface area contributed by atoms with Crippen LogP contribution in [0, 0.1) is 23.0 Å². The number of halogens is 3. The fraction of sp³-hybridized carbons (Fsp3) is 0.125. The molecular weight excluding hydrogens is 324 g/mol. The SMILES string of the molecule is N#Cc1ccc(Cl)cc1NCCNC(=O)c1c(F)cccc1F. The first kappa shape index (κ1) is 16.7. The van der Waals surface area contributed by atoms with E-state index in [-0.39, 0.29) is 13.1 Å². The summed E-state index contributed by atoms with van der Waals surface area (Å²) in [5.74, 6) is -2.68. The lowest BCUT2D eigenvalue weighted by Crippen LogP contribution is -2.30. The highest BCUT2D eigenvalue weighted by Crippen LogP contribution is 2.20. The third kappa shape index (κ3) is 4.18. The van der Waals surface area contributed by atoms with Crippen LogP contribution >= 0.6 is 11.6 Å². The van der Waals surface area contributed by atoms with Crippen molar-refractivity contribution in [3.05, 3.63) is 64.2 Å². The number of benzene rings is 2. The molecule has 0 atom stereocenters. The second kappa shape index (κ2) is 7.56. The van der Waals surface area contributed by atoms with Crippen LogP contribution in [0.15, 0.2) is 36.4 Å². The Morgan fingerprint density at radius 1 is 1.17 bits per heavy atom. The van der Waals surface area contributed by atoms with E-state index in [0.29, 0.717) is 16.3 Å². The highest BCUT2D eigenvalue weighted by atomic mass is 35.5. The summed E-state index contributed by atoms with van der Waals surface area (Å²) >= 11 is 5.85. The summed E-state index contributed by atoms with van der Waals surface area (Å²) in [5, 5.41) is 14.8. The number of amides is 1. The van der Waals surface area contributed by atoms with E-state index in [2.05, 4.69) is 10.6 Å². The zero-order valence-corrected chi connectivity index (χ0v) is 12.6. The molecule has 7 heteroatoms. The number of nitrogens with zero attached hydrogens (tertiary/aromatic N) is 1. The molecule has 4 nitrogen and oxygen atoms in total. The fourth-order valence-electron chi connectivity index (χ4n) is 1.94. The van der Waals surface area contributed by atoms with Gasteiger partial charge in [0.1, 0.15) is 23.3 Å². The van der Waals surface area contributed by atoms with Gasteiger partial charge in [-0.05, 0) is 30.3 Å². The van der Waals surface area contributed by atoms with Crippen LogP contribution in [0.2, 0.25) is 5.02 Å². The molecule has 0 fully saturated rings. The second-order valence-electron chi connectivity index (χ2n) is 4.58. The molecule has 0 bridgehead atoms. The van der Waals surface area contributed by atoms with Gasteiger partial charge in [0.05, 0.1) is 11.3 Å². The Morgan fingerprint density at radius 3 is 2.52 bits per heavy atom. The van der Waals surface area contributed by atoms with Crippen LogP contribution in [-0.2, 0) is 0 Å². The van der Waals surface area contributed by atoms with Gasteiger partial charge in [0.15, 0.2) is 0 Å². The predicted molar refractivity (Wildman–Crippen MR) is 83.3 cm³/mol. The number of carbonyl (C=O) groups is 1. The minimum Gasteiger partial charge on any atom is -0.382 e.